The van der Waals surface area contributed by atoms with Crippen LogP contribution in [0.25, 0.3) is 0 Å². The number of amides is 1. The standard InChI is InChI=1S/C7H11NO4/c1-4-2-8(7(11)12)3-5(4)6(9)10/h4-5H,2-3H2,1H3,(H,9,10)(H,11,12). The van der Waals surface area contributed by atoms with Gasteiger partial charge in [-0.3, -0.25) is 4.79 Å². The van der Waals surface area contributed by atoms with Gasteiger partial charge in [-0.15, -0.1) is 0 Å². The molecule has 1 amide bonds. The van der Waals surface area contributed by atoms with Crippen molar-refractivity contribution < 1.29 is 19.8 Å². The summed E-state index contributed by atoms with van der Waals surface area (Å²) in [5.41, 5.74) is 0. The van der Waals surface area contributed by atoms with Crippen molar-refractivity contribution in [1.29, 1.82) is 0 Å². The normalized spacial score (nSPS) is 28.9. The van der Waals surface area contributed by atoms with Crippen LogP contribution in [-0.4, -0.2) is 40.3 Å². The summed E-state index contributed by atoms with van der Waals surface area (Å²) in [6.07, 6.45) is -1.04. The maximum Gasteiger partial charge on any atom is 0.407 e. The summed E-state index contributed by atoms with van der Waals surface area (Å²) in [6, 6.07) is 0. The van der Waals surface area contributed by atoms with Crippen molar-refractivity contribution in [3.63, 3.8) is 0 Å². The molecule has 1 saturated heterocycles. The highest BCUT2D eigenvalue weighted by atomic mass is 16.4. The molecule has 0 radical (unpaired) electrons. The van der Waals surface area contributed by atoms with Crippen LogP contribution in [0.5, 0.6) is 0 Å². The molecule has 0 aromatic rings. The molecular formula is C7H11NO4. The number of rotatable bonds is 1. The fourth-order valence-electron chi connectivity index (χ4n) is 1.44. The van der Waals surface area contributed by atoms with Crippen LogP contribution in [-0.2, 0) is 4.79 Å². The maximum absolute atomic E-state index is 10.6. The first-order valence-electron chi connectivity index (χ1n) is 3.73. The smallest absolute Gasteiger partial charge is 0.407 e. The van der Waals surface area contributed by atoms with Crippen LogP contribution >= 0.6 is 0 Å². The van der Waals surface area contributed by atoms with E-state index in [1.165, 1.54) is 0 Å². The van der Waals surface area contributed by atoms with Gasteiger partial charge in [0.25, 0.3) is 0 Å². The van der Waals surface area contributed by atoms with Crippen LogP contribution in [0.1, 0.15) is 6.92 Å². The maximum atomic E-state index is 10.6. The third kappa shape index (κ3) is 1.49. The Balaban J connectivity index is 2.62. The summed E-state index contributed by atoms with van der Waals surface area (Å²) < 4.78 is 0. The number of likely N-dealkylation sites (tertiary alicyclic amines) is 1. The van der Waals surface area contributed by atoms with Gasteiger partial charge in [-0.1, -0.05) is 6.92 Å². The molecule has 5 nitrogen and oxygen atoms in total. The second-order valence-electron chi connectivity index (χ2n) is 3.11. The number of hydrogen-bond acceptors (Lipinski definition) is 2. The van der Waals surface area contributed by atoms with Crippen LogP contribution in [0.15, 0.2) is 0 Å². The van der Waals surface area contributed by atoms with Gasteiger partial charge in [0.05, 0.1) is 5.92 Å². The average molecular weight is 173 g/mol. The molecule has 0 spiro atoms. The summed E-state index contributed by atoms with van der Waals surface area (Å²) in [5, 5.41) is 17.2. The van der Waals surface area contributed by atoms with E-state index in [4.69, 9.17) is 10.2 Å². The van der Waals surface area contributed by atoms with Gasteiger partial charge >= 0.3 is 12.1 Å². The first-order valence-corrected chi connectivity index (χ1v) is 3.73. The van der Waals surface area contributed by atoms with Gasteiger partial charge in [0.1, 0.15) is 0 Å². The molecule has 1 rings (SSSR count). The van der Waals surface area contributed by atoms with Gasteiger partial charge in [-0.05, 0) is 5.92 Å². The summed E-state index contributed by atoms with van der Waals surface area (Å²) in [6.45, 7) is 2.19. The molecule has 68 valence electrons. The van der Waals surface area contributed by atoms with Crippen LogP contribution in [0, 0.1) is 11.8 Å². The molecule has 2 atom stereocenters. The minimum absolute atomic E-state index is 0.0846. The molecule has 1 aliphatic heterocycles. The summed E-state index contributed by atoms with van der Waals surface area (Å²) >= 11 is 0. The predicted octanol–water partition coefficient (Wildman–Crippen LogP) is 0.317. The van der Waals surface area contributed by atoms with Gasteiger partial charge in [-0.25, -0.2) is 4.79 Å². The Labute approximate surface area is 69.6 Å². The molecule has 0 bridgehead atoms. The predicted molar refractivity (Wildman–Crippen MR) is 39.9 cm³/mol. The second kappa shape index (κ2) is 3.00. The van der Waals surface area contributed by atoms with Gasteiger partial charge in [0, 0.05) is 13.1 Å². The van der Waals surface area contributed by atoms with Crippen molar-refractivity contribution in [2.75, 3.05) is 13.1 Å². The zero-order chi connectivity index (χ0) is 9.30. The molecule has 0 saturated carbocycles. The number of nitrogens with zero attached hydrogens (tertiary/aromatic N) is 1. The zero-order valence-electron chi connectivity index (χ0n) is 6.73. The van der Waals surface area contributed by atoms with Crippen molar-refractivity contribution in [3.05, 3.63) is 0 Å². The molecule has 2 unspecified atom stereocenters. The highest BCUT2D eigenvalue weighted by molar-refractivity contribution is 5.73. The first-order chi connectivity index (χ1) is 5.52. The molecule has 1 fully saturated rings. The highest BCUT2D eigenvalue weighted by Crippen LogP contribution is 2.22. The third-order valence-electron chi connectivity index (χ3n) is 2.20. The fourth-order valence-corrected chi connectivity index (χ4v) is 1.44. The Bertz CT molecular complexity index is 215. The van der Waals surface area contributed by atoms with E-state index in [0.29, 0.717) is 6.54 Å². The largest absolute Gasteiger partial charge is 0.481 e. The highest BCUT2D eigenvalue weighted by Gasteiger charge is 2.36. The number of carboxylic acids is 1. The van der Waals surface area contributed by atoms with E-state index in [1.807, 2.05) is 0 Å². The van der Waals surface area contributed by atoms with Crippen LogP contribution in [0.2, 0.25) is 0 Å². The first kappa shape index (κ1) is 8.83. The number of carbonyl (C=O) groups is 2. The summed E-state index contributed by atoms with van der Waals surface area (Å²) in [7, 11) is 0. The quantitative estimate of drug-likeness (QED) is 0.598. The SMILES string of the molecule is CC1CN(C(=O)O)CC1C(=O)O. The van der Waals surface area contributed by atoms with Crippen molar-refractivity contribution in [2.24, 2.45) is 11.8 Å². The van der Waals surface area contributed by atoms with Crippen molar-refractivity contribution in [1.82, 2.24) is 4.90 Å². The lowest BCUT2D eigenvalue weighted by atomic mass is 9.99. The molecule has 1 heterocycles. The van der Waals surface area contributed by atoms with E-state index >= 15 is 0 Å². The topological polar surface area (TPSA) is 77.8 Å². The molecule has 5 heteroatoms. The van der Waals surface area contributed by atoms with Crippen molar-refractivity contribution in [3.8, 4) is 0 Å². The van der Waals surface area contributed by atoms with Crippen molar-refractivity contribution in [2.45, 2.75) is 6.92 Å². The van der Waals surface area contributed by atoms with E-state index in [9.17, 15) is 9.59 Å². The number of hydrogen-bond donors (Lipinski definition) is 2. The minimum Gasteiger partial charge on any atom is -0.481 e. The Morgan fingerprint density at radius 2 is 1.92 bits per heavy atom. The molecule has 12 heavy (non-hydrogen) atoms. The fraction of sp³-hybridized carbons (Fsp3) is 0.714. The van der Waals surface area contributed by atoms with Gasteiger partial charge in [-0.2, -0.15) is 0 Å². The summed E-state index contributed by atoms with van der Waals surface area (Å²) in [5.74, 6) is -1.54. The monoisotopic (exact) mass is 173 g/mol. The van der Waals surface area contributed by atoms with E-state index in [-0.39, 0.29) is 12.5 Å². The number of aliphatic carboxylic acids is 1. The van der Waals surface area contributed by atoms with Crippen molar-refractivity contribution >= 4 is 12.1 Å². The Hall–Kier alpha value is -1.26. The second-order valence-corrected chi connectivity index (χ2v) is 3.11. The molecule has 0 aromatic heterocycles. The molecule has 0 aliphatic carbocycles. The van der Waals surface area contributed by atoms with Crippen LogP contribution in [0.3, 0.4) is 0 Å². The van der Waals surface area contributed by atoms with Gasteiger partial charge < -0.3 is 15.1 Å². The Morgan fingerprint density at radius 1 is 1.33 bits per heavy atom. The van der Waals surface area contributed by atoms with E-state index in [0.717, 1.165) is 4.90 Å². The number of carboxylic acid groups (broad SMARTS) is 2. The third-order valence-corrected chi connectivity index (χ3v) is 2.20. The lowest BCUT2D eigenvalue weighted by Crippen LogP contribution is -2.28. The lowest BCUT2D eigenvalue weighted by molar-refractivity contribution is -0.142. The lowest BCUT2D eigenvalue weighted by Gasteiger charge is -2.09. The molecule has 0 aromatic carbocycles. The minimum atomic E-state index is -1.04. The van der Waals surface area contributed by atoms with Crippen LogP contribution in [0.4, 0.5) is 4.79 Å². The molecule has 2 N–H and O–H groups in total. The molecule has 1 aliphatic rings. The molecular weight excluding hydrogens is 162 g/mol. The van der Waals surface area contributed by atoms with E-state index in [1.54, 1.807) is 6.92 Å². The van der Waals surface area contributed by atoms with E-state index in [2.05, 4.69) is 0 Å². The Morgan fingerprint density at radius 3 is 2.17 bits per heavy atom. The van der Waals surface area contributed by atoms with Crippen LogP contribution < -0.4 is 0 Å². The van der Waals surface area contributed by atoms with Gasteiger partial charge in [0.15, 0.2) is 0 Å². The van der Waals surface area contributed by atoms with Gasteiger partial charge in [0.2, 0.25) is 0 Å². The van der Waals surface area contributed by atoms with E-state index < -0.39 is 18.0 Å². The summed E-state index contributed by atoms with van der Waals surface area (Å²) in [4.78, 5) is 22.2. The zero-order valence-corrected chi connectivity index (χ0v) is 6.73. The average Bonchev–Trinajstić information content (AvgIpc) is 2.30. The Kier molecular flexibility index (Phi) is 2.21.